The van der Waals surface area contributed by atoms with E-state index in [-0.39, 0.29) is 5.82 Å². The summed E-state index contributed by atoms with van der Waals surface area (Å²) >= 11 is 0. The van der Waals surface area contributed by atoms with Gasteiger partial charge < -0.3 is 25.4 Å². The van der Waals surface area contributed by atoms with Crippen LogP contribution in [0.5, 0.6) is 0 Å². The van der Waals surface area contributed by atoms with Gasteiger partial charge in [-0.1, -0.05) is 12.1 Å². The summed E-state index contributed by atoms with van der Waals surface area (Å²) in [4.78, 5) is 6.97. The number of aromatic amines is 1. The van der Waals surface area contributed by atoms with Crippen LogP contribution < -0.4 is 0 Å². The lowest BCUT2D eigenvalue weighted by Crippen LogP contribution is -2.39. The quantitative estimate of drug-likeness (QED) is 0.513. The van der Waals surface area contributed by atoms with E-state index < -0.39 is 24.4 Å². The molecule has 0 aliphatic rings. The molecule has 0 aliphatic carbocycles. The van der Waals surface area contributed by atoms with Crippen molar-refractivity contribution in [3.63, 3.8) is 0 Å². The fourth-order valence-corrected chi connectivity index (χ4v) is 1.75. The Labute approximate surface area is 104 Å². The molecule has 0 unspecified atom stereocenters. The van der Waals surface area contributed by atoms with Gasteiger partial charge in [0.05, 0.1) is 17.1 Å². The molecular weight excluding hydrogens is 236 g/mol. The van der Waals surface area contributed by atoms with Crippen molar-refractivity contribution in [2.24, 2.45) is 0 Å². The second kappa shape index (κ2) is 5.03. The number of aliphatic hydroxyl groups is 4. The molecule has 6 heteroatoms. The molecule has 0 amide bonds. The number of imidazole rings is 1. The Morgan fingerprint density at radius 1 is 1.06 bits per heavy atom. The first-order valence-corrected chi connectivity index (χ1v) is 5.67. The van der Waals surface area contributed by atoms with Crippen LogP contribution in [0.3, 0.4) is 0 Å². The first-order chi connectivity index (χ1) is 8.50. The van der Waals surface area contributed by atoms with Crippen LogP contribution in [0.2, 0.25) is 0 Å². The van der Waals surface area contributed by atoms with Crippen LogP contribution in [0.15, 0.2) is 24.3 Å². The van der Waals surface area contributed by atoms with E-state index in [0.717, 1.165) is 5.52 Å². The Morgan fingerprint density at radius 3 is 2.33 bits per heavy atom. The van der Waals surface area contributed by atoms with Crippen LogP contribution in [-0.4, -0.2) is 48.7 Å². The number of nitrogens with zero attached hydrogens (tertiary/aromatic N) is 1. The van der Waals surface area contributed by atoms with Gasteiger partial charge >= 0.3 is 0 Å². The van der Waals surface area contributed by atoms with Crippen LogP contribution in [0.1, 0.15) is 18.9 Å². The predicted molar refractivity (Wildman–Crippen MR) is 64.7 cm³/mol. The Kier molecular flexibility index (Phi) is 3.63. The van der Waals surface area contributed by atoms with Crippen LogP contribution >= 0.6 is 0 Å². The normalized spacial score (nSPS) is 18.5. The second-order valence-electron chi connectivity index (χ2n) is 4.31. The number of benzene rings is 1. The molecule has 5 N–H and O–H groups in total. The third-order valence-electron chi connectivity index (χ3n) is 2.86. The number of aromatic nitrogens is 2. The van der Waals surface area contributed by atoms with Crippen molar-refractivity contribution in [1.29, 1.82) is 0 Å². The summed E-state index contributed by atoms with van der Waals surface area (Å²) in [5.74, 6) is 0.156. The van der Waals surface area contributed by atoms with E-state index in [4.69, 9.17) is 0 Å². The molecule has 1 heterocycles. The lowest BCUT2D eigenvalue weighted by molar-refractivity contribution is -0.103. The average Bonchev–Trinajstić information content (AvgIpc) is 2.79. The Morgan fingerprint density at radius 2 is 1.72 bits per heavy atom. The molecule has 1 aromatic heterocycles. The number of nitrogens with one attached hydrogen (secondary N) is 1. The highest BCUT2D eigenvalue weighted by Crippen LogP contribution is 2.21. The second-order valence-corrected chi connectivity index (χ2v) is 4.31. The first kappa shape index (κ1) is 13.0. The van der Waals surface area contributed by atoms with Crippen molar-refractivity contribution in [1.82, 2.24) is 9.97 Å². The highest BCUT2D eigenvalue weighted by atomic mass is 16.4. The SMILES string of the molecule is C[C@H](O)[C@H](O)[C@H](O)[C@H](O)c1nc2ccccc2[nH]1. The molecule has 0 fully saturated rings. The molecule has 2 aromatic rings. The number of fused-ring (bicyclic) bond motifs is 1. The molecule has 1 aromatic carbocycles. The monoisotopic (exact) mass is 252 g/mol. The van der Waals surface area contributed by atoms with E-state index in [2.05, 4.69) is 9.97 Å². The highest BCUT2D eigenvalue weighted by molar-refractivity contribution is 5.74. The molecule has 0 saturated heterocycles. The smallest absolute Gasteiger partial charge is 0.140 e. The van der Waals surface area contributed by atoms with Gasteiger partial charge in [0.2, 0.25) is 0 Å². The molecule has 0 spiro atoms. The van der Waals surface area contributed by atoms with Gasteiger partial charge in [-0.25, -0.2) is 4.98 Å². The maximum absolute atomic E-state index is 9.89. The van der Waals surface area contributed by atoms with E-state index in [1.54, 1.807) is 18.2 Å². The topological polar surface area (TPSA) is 110 Å². The van der Waals surface area contributed by atoms with E-state index in [1.165, 1.54) is 6.92 Å². The van der Waals surface area contributed by atoms with Gasteiger partial charge in [0.15, 0.2) is 0 Å². The lowest BCUT2D eigenvalue weighted by Gasteiger charge is -2.23. The van der Waals surface area contributed by atoms with Crippen LogP contribution in [0.25, 0.3) is 11.0 Å². The van der Waals surface area contributed by atoms with E-state index >= 15 is 0 Å². The van der Waals surface area contributed by atoms with Gasteiger partial charge in [-0.05, 0) is 19.1 Å². The minimum absolute atomic E-state index is 0.156. The maximum Gasteiger partial charge on any atom is 0.140 e. The van der Waals surface area contributed by atoms with Gasteiger partial charge in [0.25, 0.3) is 0 Å². The van der Waals surface area contributed by atoms with Gasteiger partial charge in [-0.15, -0.1) is 0 Å². The van der Waals surface area contributed by atoms with Gasteiger partial charge in [-0.3, -0.25) is 0 Å². The summed E-state index contributed by atoms with van der Waals surface area (Å²) in [5.41, 5.74) is 1.38. The standard InChI is InChI=1S/C12H16N2O4/c1-6(15)9(16)10(17)11(18)12-13-7-4-2-3-5-8(7)14-12/h2-6,9-11,15-18H,1H3,(H,13,14)/t6-,9-,10-,11-/m0/s1. The molecular formula is C12H16N2O4. The van der Waals surface area contributed by atoms with E-state index in [1.807, 2.05) is 6.07 Å². The number of H-pyrrole nitrogens is 1. The third-order valence-corrected chi connectivity index (χ3v) is 2.86. The largest absolute Gasteiger partial charge is 0.391 e. The first-order valence-electron chi connectivity index (χ1n) is 5.67. The number of hydrogen-bond acceptors (Lipinski definition) is 5. The van der Waals surface area contributed by atoms with Crippen molar-refractivity contribution >= 4 is 11.0 Å². The van der Waals surface area contributed by atoms with Crippen molar-refractivity contribution < 1.29 is 20.4 Å². The minimum atomic E-state index is -1.51. The zero-order valence-electron chi connectivity index (χ0n) is 9.85. The lowest BCUT2D eigenvalue weighted by atomic mass is 10.0. The van der Waals surface area contributed by atoms with Gasteiger partial charge in [-0.2, -0.15) is 0 Å². The molecule has 6 nitrogen and oxygen atoms in total. The maximum atomic E-state index is 9.89. The Balaban J connectivity index is 2.25. The van der Waals surface area contributed by atoms with Crippen molar-refractivity contribution in [3.05, 3.63) is 30.1 Å². The number of hydrogen-bond donors (Lipinski definition) is 5. The van der Waals surface area contributed by atoms with E-state index in [9.17, 15) is 20.4 Å². The summed E-state index contributed by atoms with van der Waals surface area (Å²) in [6.45, 7) is 1.33. The Bertz CT molecular complexity index is 493. The molecule has 2 rings (SSSR count). The van der Waals surface area contributed by atoms with Crippen molar-refractivity contribution in [2.45, 2.75) is 31.3 Å². The minimum Gasteiger partial charge on any atom is -0.391 e. The fraction of sp³-hybridized carbons (Fsp3) is 0.417. The Hall–Kier alpha value is -1.47. The third kappa shape index (κ3) is 2.37. The van der Waals surface area contributed by atoms with Crippen LogP contribution in [0.4, 0.5) is 0 Å². The molecule has 0 aliphatic heterocycles. The fourth-order valence-electron chi connectivity index (χ4n) is 1.75. The summed E-state index contributed by atoms with van der Waals surface area (Å²) in [7, 11) is 0. The van der Waals surface area contributed by atoms with Crippen LogP contribution in [-0.2, 0) is 0 Å². The number of rotatable bonds is 4. The zero-order valence-corrected chi connectivity index (χ0v) is 9.85. The molecule has 0 bridgehead atoms. The summed E-state index contributed by atoms with van der Waals surface area (Å²) in [5, 5.41) is 38.3. The number of para-hydroxylation sites is 2. The van der Waals surface area contributed by atoms with Crippen LogP contribution in [0, 0.1) is 0 Å². The van der Waals surface area contributed by atoms with Gasteiger partial charge in [0, 0.05) is 0 Å². The molecule has 0 radical (unpaired) electrons. The number of aliphatic hydroxyl groups excluding tert-OH is 4. The van der Waals surface area contributed by atoms with Crippen molar-refractivity contribution in [3.8, 4) is 0 Å². The summed E-state index contributed by atoms with van der Waals surface area (Å²) in [6, 6.07) is 7.17. The van der Waals surface area contributed by atoms with E-state index in [0.29, 0.717) is 5.52 Å². The molecule has 0 saturated carbocycles. The zero-order chi connectivity index (χ0) is 13.3. The summed E-state index contributed by atoms with van der Waals surface area (Å²) in [6.07, 6.45) is -5.47. The molecule has 98 valence electrons. The summed E-state index contributed by atoms with van der Waals surface area (Å²) < 4.78 is 0. The molecule has 4 atom stereocenters. The average molecular weight is 252 g/mol. The highest BCUT2D eigenvalue weighted by Gasteiger charge is 2.30. The van der Waals surface area contributed by atoms with Crippen molar-refractivity contribution in [2.75, 3.05) is 0 Å². The molecule has 18 heavy (non-hydrogen) atoms. The van der Waals surface area contributed by atoms with Gasteiger partial charge in [0.1, 0.15) is 24.1 Å². The predicted octanol–water partition coefficient (Wildman–Crippen LogP) is -0.301.